The fourth-order valence-corrected chi connectivity index (χ4v) is 3.87. The first kappa shape index (κ1) is 22.3. The number of nitrogens with one attached hydrogen (secondary N) is 1. The Morgan fingerprint density at radius 3 is 2.82 bits per heavy atom. The summed E-state index contributed by atoms with van der Waals surface area (Å²) in [5, 5.41) is 17.3. The van der Waals surface area contributed by atoms with Crippen LogP contribution in [0.15, 0.2) is 60.3 Å². The largest absolute Gasteiger partial charge is 0.496 e. The van der Waals surface area contributed by atoms with Crippen LogP contribution in [0.4, 0.5) is 0 Å². The average molecular weight is 443 g/mol. The van der Waals surface area contributed by atoms with Crippen LogP contribution in [0.2, 0.25) is 0 Å². The van der Waals surface area contributed by atoms with Crippen LogP contribution in [0.25, 0.3) is 23.0 Å². The van der Waals surface area contributed by atoms with Crippen molar-refractivity contribution >= 4 is 12.0 Å². The van der Waals surface area contributed by atoms with Crippen molar-refractivity contribution in [3.05, 3.63) is 71.4 Å². The van der Waals surface area contributed by atoms with Crippen molar-refractivity contribution < 1.29 is 14.3 Å². The highest BCUT2D eigenvalue weighted by Crippen LogP contribution is 2.29. The summed E-state index contributed by atoms with van der Waals surface area (Å²) in [6, 6.07) is 17.5. The SMILES string of the molecule is COc1ccc(-c2nn(-c3ccccc3)cc2/C=C(/C#N)C(=O)NCC2CCCO2)cc1C. The second-order valence-corrected chi connectivity index (χ2v) is 7.91. The van der Waals surface area contributed by atoms with Crippen LogP contribution in [0, 0.1) is 18.3 Å². The number of rotatable bonds is 7. The third-order valence-electron chi connectivity index (χ3n) is 5.61. The molecule has 2 aromatic carbocycles. The van der Waals surface area contributed by atoms with E-state index in [0.717, 1.165) is 35.4 Å². The van der Waals surface area contributed by atoms with E-state index < -0.39 is 5.91 Å². The van der Waals surface area contributed by atoms with Crippen molar-refractivity contribution in [1.82, 2.24) is 15.1 Å². The van der Waals surface area contributed by atoms with Crippen LogP contribution in [0.3, 0.4) is 0 Å². The van der Waals surface area contributed by atoms with E-state index in [1.165, 1.54) is 0 Å². The Morgan fingerprint density at radius 2 is 2.15 bits per heavy atom. The van der Waals surface area contributed by atoms with Gasteiger partial charge in [-0.15, -0.1) is 0 Å². The molecule has 7 nitrogen and oxygen atoms in total. The zero-order valence-corrected chi connectivity index (χ0v) is 18.7. The number of ether oxygens (including phenoxy) is 2. The maximum Gasteiger partial charge on any atom is 0.262 e. The first-order chi connectivity index (χ1) is 16.1. The summed E-state index contributed by atoms with van der Waals surface area (Å²) in [6.07, 6.45) is 5.33. The lowest BCUT2D eigenvalue weighted by molar-refractivity contribution is -0.117. The molecule has 1 fully saturated rings. The zero-order valence-electron chi connectivity index (χ0n) is 18.7. The van der Waals surface area contributed by atoms with E-state index in [9.17, 15) is 10.1 Å². The molecule has 4 rings (SSSR count). The Bertz CT molecular complexity index is 1200. The maximum absolute atomic E-state index is 12.7. The van der Waals surface area contributed by atoms with Gasteiger partial charge in [0.2, 0.25) is 0 Å². The summed E-state index contributed by atoms with van der Waals surface area (Å²) in [6.45, 7) is 3.07. The van der Waals surface area contributed by atoms with Crippen molar-refractivity contribution in [2.45, 2.75) is 25.9 Å². The highest BCUT2D eigenvalue weighted by molar-refractivity contribution is 6.02. The van der Waals surface area contributed by atoms with E-state index in [-0.39, 0.29) is 11.7 Å². The van der Waals surface area contributed by atoms with Crippen LogP contribution in [0.5, 0.6) is 5.75 Å². The molecule has 168 valence electrons. The van der Waals surface area contributed by atoms with Gasteiger partial charge < -0.3 is 14.8 Å². The average Bonchev–Trinajstić information content (AvgIpc) is 3.51. The van der Waals surface area contributed by atoms with Crippen molar-refractivity contribution in [2.75, 3.05) is 20.3 Å². The van der Waals surface area contributed by atoms with E-state index in [1.807, 2.05) is 67.7 Å². The molecule has 1 aliphatic rings. The van der Waals surface area contributed by atoms with Gasteiger partial charge in [0.15, 0.2) is 0 Å². The summed E-state index contributed by atoms with van der Waals surface area (Å²) in [7, 11) is 1.63. The number of hydrogen-bond donors (Lipinski definition) is 1. The number of aryl methyl sites for hydroxylation is 1. The molecular weight excluding hydrogens is 416 g/mol. The first-order valence-electron chi connectivity index (χ1n) is 10.9. The molecule has 2 heterocycles. The molecule has 1 unspecified atom stereocenters. The molecule has 1 aromatic heterocycles. The quantitative estimate of drug-likeness (QED) is 0.440. The van der Waals surface area contributed by atoms with Gasteiger partial charge in [0, 0.05) is 30.5 Å². The molecule has 33 heavy (non-hydrogen) atoms. The summed E-state index contributed by atoms with van der Waals surface area (Å²) in [5.74, 6) is 0.363. The monoisotopic (exact) mass is 442 g/mol. The number of methoxy groups -OCH3 is 1. The number of carbonyl (C=O) groups excluding carboxylic acids is 1. The third-order valence-corrected chi connectivity index (χ3v) is 5.61. The van der Waals surface area contributed by atoms with Gasteiger partial charge in [-0.2, -0.15) is 10.4 Å². The smallest absolute Gasteiger partial charge is 0.262 e. The molecule has 1 aliphatic heterocycles. The molecule has 7 heteroatoms. The molecule has 1 atom stereocenters. The van der Waals surface area contributed by atoms with Crippen LogP contribution in [-0.4, -0.2) is 42.1 Å². The fraction of sp³-hybridized carbons (Fsp3) is 0.269. The molecule has 1 N–H and O–H groups in total. The number of para-hydroxylation sites is 1. The number of nitriles is 1. The molecule has 0 bridgehead atoms. The Labute approximate surface area is 193 Å². The van der Waals surface area contributed by atoms with Crippen LogP contribution in [0.1, 0.15) is 24.0 Å². The Balaban J connectivity index is 1.70. The van der Waals surface area contributed by atoms with Crippen LogP contribution < -0.4 is 10.1 Å². The molecular formula is C26H26N4O3. The van der Waals surface area contributed by atoms with Gasteiger partial charge in [0.1, 0.15) is 23.1 Å². The van der Waals surface area contributed by atoms with Crippen molar-refractivity contribution in [3.8, 4) is 28.8 Å². The molecule has 0 saturated carbocycles. The van der Waals surface area contributed by atoms with E-state index in [0.29, 0.717) is 24.4 Å². The number of aromatic nitrogens is 2. The Kier molecular flexibility index (Phi) is 6.86. The second-order valence-electron chi connectivity index (χ2n) is 7.91. The highest BCUT2D eigenvalue weighted by Gasteiger charge is 2.19. The van der Waals surface area contributed by atoms with Gasteiger partial charge in [0.05, 0.1) is 18.9 Å². The first-order valence-corrected chi connectivity index (χ1v) is 10.9. The van der Waals surface area contributed by atoms with Crippen molar-refractivity contribution in [2.24, 2.45) is 0 Å². The van der Waals surface area contributed by atoms with Crippen LogP contribution in [-0.2, 0) is 9.53 Å². The lowest BCUT2D eigenvalue weighted by Crippen LogP contribution is -2.32. The minimum atomic E-state index is -0.419. The van der Waals surface area contributed by atoms with Gasteiger partial charge in [-0.1, -0.05) is 18.2 Å². The standard InChI is InChI=1S/C26H26N4O3/c1-18-13-19(10-11-24(18)32-2)25-21(17-30(29-25)22-7-4-3-5-8-22)14-20(15-27)26(31)28-16-23-9-6-12-33-23/h3-5,7-8,10-11,13-14,17,23H,6,9,12,16H2,1-2H3,(H,28,31)/b20-14-. The summed E-state index contributed by atoms with van der Waals surface area (Å²) in [5.41, 5.74) is 4.08. The molecule has 1 amide bonds. The molecule has 1 saturated heterocycles. The molecule has 3 aromatic rings. The van der Waals surface area contributed by atoms with Crippen molar-refractivity contribution in [3.63, 3.8) is 0 Å². The maximum atomic E-state index is 12.7. The number of carbonyl (C=O) groups is 1. The van der Waals surface area contributed by atoms with Crippen LogP contribution >= 0.6 is 0 Å². The lowest BCUT2D eigenvalue weighted by Gasteiger charge is -2.10. The van der Waals surface area contributed by atoms with Crippen molar-refractivity contribution in [1.29, 1.82) is 5.26 Å². The van der Waals surface area contributed by atoms with Gasteiger partial charge in [-0.3, -0.25) is 4.79 Å². The highest BCUT2D eigenvalue weighted by atomic mass is 16.5. The van der Waals surface area contributed by atoms with E-state index in [1.54, 1.807) is 17.9 Å². The van der Waals surface area contributed by atoms with E-state index >= 15 is 0 Å². The minimum absolute atomic E-state index is 0.00700. The van der Waals surface area contributed by atoms with Gasteiger partial charge in [0.25, 0.3) is 5.91 Å². The fourth-order valence-electron chi connectivity index (χ4n) is 3.87. The zero-order chi connectivity index (χ0) is 23.2. The molecule has 0 radical (unpaired) electrons. The van der Waals surface area contributed by atoms with Gasteiger partial charge in [-0.25, -0.2) is 4.68 Å². The Morgan fingerprint density at radius 1 is 1.33 bits per heavy atom. The summed E-state index contributed by atoms with van der Waals surface area (Å²) < 4.78 is 12.7. The minimum Gasteiger partial charge on any atom is -0.496 e. The Hall–Kier alpha value is -3.89. The number of benzene rings is 2. The second kappa shape index (κ2) is 10.2. The number of amides is 1. The molecule has 0 aliphatic carbocycles. The predicted molar refractivity (Wildman–Crippen MR) is 126 cm³/mol. The predicted octanol–water partition coefficient (Wildman–Crippen LogP) is 4.06. The lowest BCUT2D eigenvalue weighted by atomic mass is 10.0. The number of hydrogen-bond acceptors (Lipinski definition) is 5. The van der Waals surface area contributed by atoms with E-state index in [4.69, 9.17) is 14.6 Å². The normalized spacial score (nSPS) is 15.8. The van der Waals surface area contributed by atoms with Gasteiger partial charge >= 0.3 is 0 Å². The summed E-state index contributed by atoms with van der Waals surface area (Å²) in [4.78, 5) is 12.7. The van der Waals surface area contributed by atoms with E-state index in [2.05, 4.69) is 5.32 Å². The topological polar surface area (TPSA) is 89.2 Å². The van der Waals surface area contributed by atoms with Gasteiger partial charge in [-0.05, 0) is 61.7 Å². The molecule has 0 spiro atoms. The number of nitrogens with zero attached hydrogens (tertiary/aromatic N) is 3. The summed E-state index contributed by atoms with van der Waals surface area (Å²) >= 11 is 0. The third kappa shape index (κ3) is 5.13.